The highest BCUT2D eigenvalue weighted by molar-refractivity contribution is 5.94. The summed E-state index contributed by atoms with van der Waals surface area (Å²) in [6.07, 6.45) is 0. The fraction of sp³-hybridized carbons (Fsp3) is 0.125. The number of rotatable bonds is 5. The lowest BCUT2D eigenvalue weighted by molar-refractivity contribution is 0.0941. The summed E-state index contributed by atoms with van der Waals surface area (Å²) in [5.41, 5.74) is -0.00177. The lowest BCUT2D eigenvalue weighted by Crippen LogP contribution is -2.26. The molecule has 3 aromatic rings. The number of hydrogen-bond donors (Lipinski definition) is 1. The normalized spacial score (nSPS) is 10.5. The summed E-state index contributed by atoms with van der Waals surface area (Å²) in [5.74, 6) is -1.80. The molecule has 1 N–H and O–H groups in total. The average molecular weight is 345 g/mol. The van der Waals surface area contributed by atoms with Crippen LogP contribution >= 0.6 is 0 Å². The zero-order chi connectivity index (χ0) is 17.8. The molecule has 0 aliphatic carbocycles. The highest BCUT2D eigenvalue weighted by atomic mass is 19.1. The molecule has 0 bridgehead atoms. The molecular weight excluding hydrogens is 332 g/mol. The number of halogens is 2. The van der Waals surface area contributed by atoms with Crippen LogP contribution in [0, 0.1) is 11.6 Å². The number of amides is 1. The number of tetrazole rings is 1. The Kier molecular flexibility index (Phi) is 4.64. The van der Waals surface area contributed by atoms with Gasteiger partial charge in [-0.15, -0.1) is 5.10 Å². The fourth-order valence-corrected chi connectivity index (χ4v) is 2.20. The van der Waals surface area contributed by atoms with Gasteiger partial charge in [0.25, 0.3) is 5.91 Å². The van der Waals surface area contributed by atoms with E-state index in [2.05, 4.69) is 20.8 Å². The zero-order valence-corrected chi connectivity index (χ0v) is 13.1. The van der Waals surface area contributed by atoms with Gasteiger partial charge in [0.1, 0.15) is 22.9 Å². The predicted molar refractivity (Wildman–Crippen MR) is 83.2 cm³/mol. The molecule has 1 amide bonds. The maximum absolute atomic E-state index is 13.6. The van der Waals surface area contributed by atoms with Crippen LogP contribution in [0.4, 0.5) is 8.78 Å². The van der Waals surface area contributed by atoms with Crippen molar-refractivity contribution in [3.8, 4) is 11.4 Å². The first-order valence-corrected chi connectivity index (χ1v) is 7.24. The third-order valence-corrected chi connectivity index (χ3v) is 3.45. The lowest BCUT2D eigenvalue weighted by atomic mass is 10.2. The largest absolute Gasteiger partial charge is 0.497 e. The number of methoxy groups -OCH3 is 1. The molecule has 0 aliphatic heterocycles. The smallest absolute Gasteiger partial charge is 0.257 e. The average Bonchev–Trinajstić information content (AvgIpc) is 3.08. The molecule has 128 valence electrons. The summed E-state index contributed by atoms with van der Waals surface area (Å²) >= 11 is 0. The van der Waals surface area contributed by atoms with E-state index in [0.29, 0.717) is 17.3 Å². The van der Waals surface area contributed by atoms with Gasteiger partial charge in [-0.1, -0.05) is 6.07 Å². The van der Waals surface area contributed by atoms with E-state index in [1.54, 1.807) is 31.4 Å². The molecule has 1 aromatic heterocycles. The second-order valence-electron chi connectivity index (χ2n) is 4.98. The highest BCUT2D eigenvalue weighted by Gasteiger charge is 2.18. The van der Waals surface area contributed by atoms with E-state index < -0.39 is 23.1 Å². The van der Waals surface area contributed by atoms with Crippen molar-refractivity contribution in [2.75, 3.05) is 7.11 Å². The summed E-state index contributed by atoms with van der Waals surface area (Å²) in [6, 6.07) is 10.1. The van der Waals surface area contributed by atoms with Crippen molar-refractivity contribution in [2.45, 2.75) is 6.54 Å². The number of nitrogens with zero attached hydrogens (tertiary/aromatic N) is 4. The fourth-order valence-electron chi connectivity index (χ4n) is 2.20. The van der Waals surface area contributed by atoms with Crippen molar-refractivity contribution in [1.82, 2.24) is 25.5 Å². The SMILES string of the molecule is COc1ccc(-n2nnnc2CNC(=O)c2c(F)cccc2F)cc1. The van der Waals surface area contributed by atoms with Gasteiger partial charge in [0.05, 0.1) is 19.3 Å². The first kappa shape index (κ1) is 16.5. The lowest BCUT2D eigenvalue weighted by Gasteiger charge is -2.08. The summed E-state index contributed by atoms with van der Waals surface area (Å²) in [4.78, 5) is 12.0. The van der Waals surface area contributed by atoms with Crippen LogP contribution in [-0.2, 0) is 6.54 Å². The minimum absolute atomic E-state index is 0.106. The van der Waals surface area contributed by atoms with Crippen molar-refractivity contribution >= 4 is 5.91 Å². The van der Waals surface area contributed by atoms with E-state index in [0.717, 1.165) is 12.1 Å². The number of carbonyl (C=O) groups is 1. The quantitative estimate of drug-likeness (QED) is 0.763. The number of hydrogen-bond acceptors (Lipinski definition) is 5. The third-order valence-electron chi connectivity index (χ3n) is 3.45. The Hall–Kier alpha value is -3.36. The first-order valence-electron chi connectivity index (χ1n) is 7.24. The second kappa shape index (κ2) is 7.04. The summed E-state index contributed by atoms with van der Waals surface area (Å²) in [7, 11) is 1.55. The zero-order valence-electron chi connectivity index (χ0n) is 13.1. The molecule has 1 heterocycles. The van der Waals surface area contributed by atoms with E-state index in [9.17, 15) is 13.6 Å². The first-order chi connectivity index (χ1) is 12.1. The molecule has 9 heteroatoms. The van der Waals surface area contributed by atoms with E-state index in [1.165, 1.54) is 10.7 Å². The molecule has 0 atom stereocenters. The molecule has 0 fully saturated rings. The minimum atomic E-state index is -0.938. The van der Waals surface area contributed by atoms with Crippen LogP contribution in [-0.4, -0.2) is 33.2 Å². The highest BCUT2D eigenvalue weighted by Crippen LogP contribution is 2.15. The summed E-state index contributed by atoms with van der Waals surface area (Å²) in [5, 5.41) is 13.6. The Bertz CT molecular complexity index is 876. The van der Waals surface area contributed by atoms with Crippen LogP contribution in [0.25, 0.3) is 5.69 Å². The maximum atomic E-state index is 13.6. The van der Waals surface area contributed by atoms with E-state index in [-0.39, 0.29) is 6.54 Å². The minimum Gasteiger partial charge on any atom is -0.497 e. The van der Waals surface area contributed by atoms with Gasteiger partial charge >= 0.3 is 0 Å². The molecule has 25 heavy (non-hydrogen) atoms. The number of aromatic nitrogens is 4. The molecule has 3 rings (SSSR count). The van der Waals surface area contributed by atoms with Crippen LogP contribution < -0.4 is 10.1 Å². The van der Waals surface area contributed by atoms with Crippen molar-refractivity contribution in [1.29, 1.82) is 0 Å². The van der Waals surface area contributed by atoms with Gasteiger partial charge < -0.3 is 10.1 Å². The monoisotopic (exact) mass is 345 g/mol. The summed E-state index contributed by atoms with van der Waals surface area (Å²) < 4.78 is 33.7. The Morgan fingerprint density at radius 2 is 1.84 bits per heavy atom. The van der Waals surface area contributed by atoms with Gasteiger partial charge in [-0.25, -0.2) is 8.78 Å². The molecule has 0 radical (unpaired) electrons. The van der Waals surface area contributed by atoms with Gasteiger partial charge in [-0.3, -0.25) is 4.79 Å². The number of carbonyl (C=O) groups excluding carboxylic acids is 1. The number of nitrogens with one attached hydrogen (secondary N) is 1. The van der Waals surface area contributed by atoms with Crippen LogP contribution in [0.3, 0.4) is 0 Å². The Labute approximate surface area is 141 Å². The van der Waals surface area contributed by atoms with Crippen LogP contribution in [0.2, 0.25) is 0 Å². The van der Waals surface area contributed by atoms with Crippen LogP contribution in [0.5, 0.6) is 5.75 Å². The Morgan fingerprint density at radius 1 is 1.16 bits per heavy atom. The van der Waals surface area contributed by atoms with Crippen LogP contribution in [0.1, 0.15) is 16.2 Å². The molecule has 0 unspecified atom stereocenters. The van der Waals surface area contributed by atoms with E-state index in [1.807, 2.05) is 0 Å². The molecule has 2 aromatic carbocycles. The third kappa shape index (κ3) is 3.44. The standard InChI is InChI=1S/C16H13F2N5O2/c1-25-11-7-5-10(6-8-11)23-14(20-21-22-23)9-19-16(24)15-12(17)3-2-4-13(15)18/h2-8H,9H2,1H3,(H,19,24). The number of ether oxygens (including phenoxy) is 1. The van der Waals surface area contributed by atoms with Crippen molar-refractivity contribution in [3.63, 3.8) is 0 Å². The molecular formula is C16H13F2N5O2. The van der Waals surface area contributed by atoms with E-state index in [4.69, 9.17) is 4.74 Å². The molecule has 0 spiro atoms. The van der Waals surface area contributed by atoms with Gasteiger partial charge in [0.15, 0.2) is 5.82 Å². The summed E-state index contributed by atoms with van der Waals surface area (Å²) in [6.45, 7) is -0.106. The van der Waals surface area contributed by atoms with Gasteiger partial charge in [0, 0.05) is 0 Å². The van der Waals surface area contributed by atoms with Crippen molar-refractivity contribution in [2.24, 2.45) is 0 Å². The maximum Gasteiger partial charge on any atom is 0.257 e. The Morgan fingerprint density at radius 3 is 2.48 bits per heavy atom. The van der Waals surface area contributed by atoms with Crippen molar-refractivity contribution in [3.05, 3.63) is 65.5 Å². The molecule has 0 saturated carbocycles. The van der Waals surface area contributed by atoms with Crippen LogP contribution in [0.15, 0.2) is 42.5 Å². The van der Waals surface area contributed by atoms with Gasteiger partial charge in [-0.05, 0) is 46.8 Å². The predicted octanol–water partition coefficient (Wildman–Crippen LogP) is 1.88. The second-order valence-corrected chi connectivity index (χ2v) is 4.98. The molecule has 0 saturated heterocycles. The molecule has 0 aliphatic rings. The number of benzene rings is 2. The van der Waals surface area contributed by atoms with E-state index >= 15 is 0 Å². The van der Waals surface area contributed by atoms with Gasteiger partial charge in [0.2, 0.25) is 0 Å². The topological polar surface area (TPSA) is 81.9 Å². The molecule has 7 nitrogen and oxygen atoms in total. The van der Waals surface area contributed by atoms with Crippen molar-refractivity contribution < 1.29 is 18.3 Å². The Balaban J connectivity index is 1.76. The van der Waals surface area contributed by atoms with Gasteiger partial charge in [-0.2, -0.15) is 4.68 Å².